The van der Waals surface area contributed by atoms with Crippen molar-refractivity contribution in [3.63, 3.8) is 0 Å². The van der Waals surface area contributed by atoms with E-state index in [2.05, 4.69) is 48.5 Å². The second-order valence-corrected chi connectivity index (χ2v) is 9.30. The molecule has 0 bridgehead atoms. The summed E-state index contributed by atoms with van der Waals surface area (Å²) in [6, 6.07) is 20.2. The van der Waals surface area contributed by atoms with Crippen LogP contribution in [0.3, 0.4) is 0 Å². The Morgan fingerprint density at radius 1 is 0.771 bits per heavy atom. The maximum Gasteiger partial charge on any atom is 0.200 e. The van der Waals surface area contributed by atoms with Crippen molar-refractivity contribution in [3.05, 3.63) is 106 Å². The van der Waals surface area contributed by atoms with E-state index in [1.54, 1.807) is 13.0 Å². The van der Waals surface area contributed by atoms with Crippen molar-refractivity contribution in [1.29, 1.82) is 0 Å². The number of halogens is 3. The summed E-state index contributed by atoms with van der Waals surface area (Å²) in [7, 11) is 0. The molecular weight excluding hydrogens is 445 g/mol. The molecule has 0 aliphatic heterocycles. The predicted molar refractivity (Wildman–Crippen MR) is 137 cm³/mol. The van der Waals surface area contributed by atoms with Gasteiger partial charge in [0.15, 0.2) is 11.6 Å². The zero-order chi connectivity index (χ0) is 24.6. The van der Waals surface area contributed by atoms with E-state index in [1.165, 1.54) is 23.3 Å². The van der Waals surface area contributed by atoms with Gasteiger partial charge in [-0.2, -0.15) is 4.39 Å². The summed E-state index contributed by atoms with van der Waals surface area (Å²) in [6.07, 6.45) is 9.09. The van der Waals surface area contributed by atoms with E-state index in [9.17, 15) is 13.2 Å². The monoisotopic (exact) mass is 478 g/mol. The van der Waals surface area contributed by atoms with Gasteiger partial charge in [-0.3, -0.25) is 0 Å². The van der Waals surface area contributed by atoms with Gasteiger partial charge in [0.25, 0.3) is 0 Å². The smallest absolute Gasteiger partial charge is 0.200 e. The summed E-state index contributed by atoms with van der Waals surface area (Å²) in [4.78, 5) is 0. The van der Waals surface area contributed by atoms with Gasteiger partial charge in [-0.15, -0.1) is 0 Å². The Balaban J connectivity index is 1.30. The van der Waals surface area contributed by atoms with Crippen LogP contribution in [-0.4, -0.2) is 13.3 Å². The molecule has 1 aliphatic carbocycles. The van der Waals surface area contributed by atoms with Crippen molar-refractivity contribution >= 4 is 6.08 Å². The molecule has 1 saturated carbocycles. The predicted octanol–water partition coefficient (Wildman–Crippen LogP) is 8.57. The molecule has 0 unspecified atom stereocenters. The third-order valence-electron chi connectivity index (χ3n) is 7.10. The Labute approximate surface area is 206 Å². The van der Waals surface area contributed by atoms with Gasteiger partial charge in [-0.1, -0.05) is 66.7 Å². The molecule has 0 spiro atoms. The third kappa shape index (κ3) is 6.36. The van der Waals surface area contributed by atoms with Crippen LogP contribution in [0.15, 0.2) is 66.7 Å². The lowest BCUT2D eigenvalue weighted by atomic mass is 9.76. The fourth-order valence-corrected chi connectivity index (χ4v) is 5.09. The second-order valence-electron chi connectivity index (χ2n) is 9.30. The molecule has 0 atom stereocenters. The Morgan fingerprint density at radius 3 is 1.94 bits per heavy atom. The normalized spacial score (nSPS) is 18.2. The maximum absolute atomic E-state index is 14.3. The highest BCUT2D eigenvalue weighted by Crippen LogP contribution is 2.40. The van der Waals surface area contributed by atoms with E-state index in [0.29, 0.717) is 36.8 Å². The topological polar surface area (TPSA) is 9.23 Å². The fourth-order valence-electron chi connectivity index (χ4n) is 5.09. The molecule has 184 valence electrons. The first-order chi connectivity index (χ1) is 17.1. The van der Waals surface area contributed by atoms with Crippen LogP contribution in [0.4, 0.5) is 13.2 Å². The van der Waals surface area contributed by atoms with Crippen LogP contribution in [0.1, 0.15) is 72.3 Å². The SMILES string of the molecule is CCOc1ccc(CCc2ccc(C3CCC(c4ccc(C=CCF)cc4)CC3)cc2)c(F)c1F. The molecule has 0 heterocycles. The first kappa shape index (κ1) is 25.1. The Kier molecular flexibility index (Phi) is 8.68. The first-order valence-electron chi connectivity index (χ1n) is 12.6. The molecule has 0 radical (unpaired) electrons. The summed E-state index contributed by atoms with van der Waals surface area (Å²) >= 11 is 0. The van der Waals surface area contributed by atoms with E-state index in [-0.39, 0.29) is 5.75 Å². The van der Waals surface area contributed by atoms with Crippen molar-refractivity contribution in [1.82, 2.24) is 0 Å². The molecule has 3 aromatic carbocycles. The zero-order valence-electron chi connectivity index (χ0n) is 20.3. The van der Waals surface area contributed by atoms with Gasteiger partial charge >= 0.3 is 0 Å². The van der Waals surface area contributed by atoms with Crippen molar-refractivity contribution in [2.45, 2.75) is 57.3 Å². The lowest BCUT2D eigenvalue weighted by Gasteiger charge is -2.29. The van der Waals surface area contributed by atoms with E-state index >= 15 is 0 Å². The molecule has 4 heteroatoms. The Morgan fingerprint density at radius 2 is 1.37 bits per heavy atom. The lowest BCUT2D eigenvalue weighted by molar-refractivity contribution is 0.313. The summed E-state index contributed by atoms with van der Waals surface area (Å²) in [5.41, 5.74) is 5.26. The van der Waals surface area contributed by atoms with Gasteiger partial charge in [0.2, 0.25) is 5.82 Å². The number of aryl methyl sites for hydroxylation is 2. The average molecular weight is 479 g/mol. The van der Waals surface area contributed by atoms with E-state index in [4.69, 9.17) is 4.74 Å². The number of benzene rings is 3. The lowest BCUT2D eigenvalue weighted by Crippen LogP contribution is -2.12. The third-order valence-corrected chi connectivity index (χ3v) is 7.10. The highest BCUT2D eigenvalue weighted by molar-refractivity contribution is 5.50. The summed E-state index contributed by atoms with van der Waals surface area (Å²) in [6.45, 7) is 1.61. The van der Waals surface area contributed by atoms with Crippen molar-refractivity contribution < 1.29 is 17.9 Å². The van der Waals surface area contributed by atoms with E-state index in [1.807, 2.05) is 6.08 Å². The van der Waals surface area contributed by atoms with Crippen LogP contribution < -0.4 is 4.74 Å². The minimum Gasteiger partial charge on any atom is -0.491 e. The van der Waals surface area contributed by atoms with Crippen molar-refractivity contribution in [2.24, 2.45) is 0 Å². The average Bonchev–Trinajstić information content (AvgIpc) is 2.90. The number of hydrogen-bond acceptors (Lipinski definition) is 1. The largest absolute Gasteiger partial charge is 0.491 e. The Hall–Kier alpha value is -3.01. The molecule has 4 rings (SSSR count). The van der Waals surface area contributed by atoms with Crippen LogP contribution in [-0.2, 0) is 12.8 Å². The van der Waals surface area contributed by atoms with Gasteiger partial charge in [-0.25, -0.2) is 8.78 Å². The molecule has 1 aliphatic rings. The minimum atomic E-state index is -0.903. The molecule has 0 aromatic heterocycles. The number of ether oxygens (including phenoxy) is 1. The Bertz CT molecular complexity index is 1110. The van der Waals surface area contributed by atoms with Crippen LogP contribution >= 0.6 is 0 Å². The van der Waals surface area contributed by atoms with Crippen LogP contribution in [0.25, 0.3) is 6.08 Å². The quantitative estimate of drug-likeness (QED) is 0.299. The fraction of sp³-hybridized carbons (Fsp3) is 0.355. The standard InChI is InChI=1S/C31H33F3O/c1-2-35-29-20-19-28(30(33)31(29)34)14-9-23-7-12-25(13-8-23)27-17-15-26(16-18-27)24-10-5-22(6-11-24)4-3-21-32/h3-8,10-13,19-20,26-27H,2,9,14-18,21H2,1H3. The number of alkyl halides is 1. The van der Waals surface area contributed by atoms with Gasteiger partial charge in [0.1, 0.15) is 6.67 Å². The second kappa shape index (κ2) is 12.1. The van der Waals surface area contributed by atoms with E-state index in [0.717, 1.165) is 36.8 Å². The van der Waals surface area contributed by atoms with Crippen LogP contribution in [0.2, 0.25) is 0 Å². The molecule has 3 aromatic rings. The number of rotatable bonds is 9. The molecule has 0 amide bonds. The number of hydrogen-bond donors (Lipinski definition) is 0. The van der Waals surface area contributed by atoms with Gasteiger partial charge in [0.05, 0.1) is 6.61 Å². The van der Waals surface area contributed by atoms with E-state index < -0.39 is 18.3 Å². The van der Waals surface area contributed by atoms with Crippen LogP contribution in [0, 0.1) is 11.6 Å². The summed E-state index contributed by atoms with van der Waals surface area (Å²) in [5, 5.41) is 0. The minimum absolute atomic E-state index is 0.0319. The van der Waals surface area contributed by atoms with Gasteiger partial charge < -0.3 is 4.74 Å². The van der Waals surface area contributed by atoms with Gasteiger partial charge in [0, 0.05) is 0 Å². The highest BCUT2D eigenvalue weighted by Gasteiger charge is 2.23. The molecular formula is C31H33F3O. The molecule has 35 heavy (non-hydrogen) atoms. The van der Waals surface area contributed by atoms with Gasteiger partial charge in [-0.05, 0) is 91.2 Å². The summed E-state index contributed by atoms with van der Waals surface area (Å²) in [5.74, 6) is -0.607. The zero-order valence-corrected chi connectivity index (χ0v) is 20.3. The number of allylic oxidation sites excluding steroid dienone is 1. The van der Waals surface area contributed by atoms with Crippen molar-refractivity contribution in [3.8, 4) is 5.75 Å². The molecule has 1 nitrogen and oxygen atoms in total. The maximum atomic E-state index is 14.3. The first-order valence-corrected chi connectivity index (χ1v) is 12.6. The molecule has 0 N–H and O–H groups in total. The van der Waals surface area contributed by atoms with Crippen molar-refractivity contribution in [2.75, 3.05) is 13.3 Å². The molecule has 1 fully saturated rings. The molecule has 0 saturated heterocycles. The summed E-state index contributed by atoms with van der Waals surface area (Å²) < 4.78 is 45.9. The highest BCUT2D eigenvalue weighted by atomic mass is 19.2. The van der Waals surface area contributed by atoms with Crippen LogP contribution in [0.5, 0.6) is 5.75 Å².